The van der Waals surface area contributed by atoms with Gasteiger partial charge in [0.25, 0.3) is 24.4 Å². The summed E-state index contributed by atoms with van der Waals surface area (Å²) < 4.78 is 82.9. The maximum Gasteiger partial charge on any atom is 0.275 e. The van der Waals surface area contributed by atoms with E-state index in [4.69, 9.17) is 11.6 Å². The van der Waals surface area contributed by atoms with Crippen molar-refractivity contribution in [2.24, 2.45) is 21.9 Å². The number of nitrogens with zero attached hydrogens (tertiary/aromatic N) is 7. The van der Waals surface area contributed by atoms with E-state index in [-0.39, 0.29) is 44.6 Å². The van der Waals surface area contributed by atoms with Crippen molar-refractivity contribution < 1.29 is 45.5 Å². The van der Waals surface area contributed by atoms with E-state index in [9.17, 15) is 45.5 Å². The van der Waals surface area contributed by atoms with E-state index in [1.807, 2.05) is 126 Å². The number of halogens is 9. The highest BCUT2D eigenvalue weighted by atomic mass is 79.9. The van der Waals surface area contributed by atoms with Gasteiger partial charge in [-0.2, -0.15) is 10.2 Å². The van der Waals surface area contributed by atoms with Crippen LogP contribution in [0.25, 0.3) is 10.4 Å². The number of rotatable bonds is 14. The van der Waals surface area contributed by atoms with Crippen molar-refractivity contribution in [1.82, 2.24) is 25.1 Å². The summed E-state index contributed by atoms with van der Waals surface area (Å²) in [5, 5.41) is 14.9. The lowest BCUT2D eigenvalue weighted by Gasteiger charge is -2.40. The molecular weight excluding hydrogens is 1350 g/mol. The van der Waals surface area contributed by atoms with Gasteiger partial charge in [0.15, 0.2) is 5.78 Å². The number of amides is 2. The molecule has 0 aliphatic carbocycles. The maximum atomic E-state index is 14.6. The van der Waals surface area contributed by atoms with Crippen LogP contribution in [0.2, 0.25) is 0 Å². The number of carbonyl (C=O) groups is 4. The highest BCUT2D eigenvalue weighted by Gasteiger charge is 2.48. The number of allylic oxidation sites excluding steroid dienone is 2. The summed E-state index contributed by atoms with van der Waals surface area (Å²) in [7, 11) is 2.08. The predicted molar refractivity (Wildman–Crippen MR) is 365 cm³/mol. The number of hydrogen-bond donors (Lipinski definition) is 3. The molecular formula is C70H80Br2ClF6N10O4+. The fraction of sp³-hybridized carbons (Fsp3) is 0.357. The number of piperazine rings is 1. The third-order valence-electron chi connectivity index (χ3n) is 15.7. The van der Waals surface area contributed by atoms with E-state index in [1.54, 1.807) is 6.92 Å². The largest absolute Gasteiger partial charge is 0.309 e. The molecule has 23 heteroatoms. The van der Waals surface area contributed by atoms with E-state index < -0.39 is 56.6 Å². The molecule has 0 radical (unpaired) electrons. The van der Waals surface area contributed by atoms with E-state index in [2.05, 4.69) is 86.8 Å². The first-order valence-corrected chi connectivity index (χ1v) is 32.6. The number of likely N-dealkylation sites (N-methyl/N-ethyl adjacent to an activating group) is 1. The second-order valence-corrected chi connectivity index (χ2v) is 24.9. The van der Waals surface area contributed by atoms with Crippen LogP contribution in [0.5, 0.6) is 0 Å². The number of nitrogens with one attached hydrogen (secondary N) is 1. The van der Waals surface area contributed by atoms with Gasteiger partial charge in [-0.3, -0.25) is 35.8 Å². The molecule has 3 unspecified atom stereocenters. The van der Waals surface area contributed by atoms with E-state index >= 15 is 0 Å². The Kier molecular flexibility index (Phi) is 31.0. The van der Waals surface area contributed by atoms with Crippen LogP contribution in [-0.4, -0.2) is 123 Å². The minimum absolute atomic E-state index is 0.0880. The van der Waals surface area contributed by atoms with Crippen molar-refractivity contribution >= 4 is 83.3 Å². The molecule has 0 aromatic heterocycles. The molecule has 496 valence electrons. The van der Waals surface area contributed by atoms with Gasteiger partial charge in [0.2, 0.25) is 5.24 Å². The molecule has 6 aromatic rings. The molecule has 4 aliphatic heterocycles. The summed E-state index contributed by atoms with van der Waals surface area (Å²) >= 11 is 11.5. The Hall–Kier alpha value is -7.20. The molecule has 0 bridgehead atoms. The monoisotopic (exact) mass is 1430 g/mol. The molecule has 93 heavy (non-hydrogen) atoms. The molecule has 14 nitrogen and oxygen atoms in total. The van der Waals surface area contributed by atoms with Crippen LogP contribution in [0.4, 0.5) is 26.3 Å². The lowest BCUT2D eigenvalue weighted by molar-refractivity contribution is -0.143. The van der Waals surface area contributed by atoms with Crippen molar-refractivity contribution in [3.8, 4) is 6.07 Å². The van der Waals surface area contributed by atoms with Crippen molar-refractivity contribution in [3.63, 3.8) is 0 Å². The number of nitrogens with two attached hydrogens (primary N) is 2. The standard InChI is InChI=1S/C25H30F2N4O.C20H19BrF2N2O.C16H12F2O.C5H9N2.C4H6BrClO.H4N2/c1-4-23(30-14-12-29(3)13-15-30)24(32)31-25(2,18-8-6-5-7-9-18)17-22(28-31)20-16-19(26)10-11-21(20)27;1-3-16(21)19(26)25-20(2,13-7-5-4-6-8-13)12-18(24-25)15-11-14(22)9-10-17(15)23;1-11(12-5-3-2-4-6-12)9-16(19)14-10-13(17)7-8-15(14)18;1-2-6-4-5-7-3-1;1-2-3(5)4(6)7;1-2/h5-11,16,23H,4,12-15,17H2,1-3H3;4-11,16H,3,12H2,1-2H3;2-10H,1H3;6H,1-2,4-5H2;3H,2H2,1H3;1-2H2/q;;;+1;;/b;;11-9+;;;/t23-,25-;;;;;/m0...../s1. The van der Waals surface area contributed by atoms with Crippen LogP contribution in [0, 0.1) is 41.0 Å². The average molecular weight is 1430 g/mol. The van der Waals surface area contributed by atoms with Gasteiger partial charge in [0, 0.05) is 56.7 Å². The first-order chi connectivity index (χ1) is 44.4. The average Bonchev–Trinajstić information content (AvgIpc) is 1.63. The minimum Gasteiger partial charge on any atom is -0.309 e. The molecule has 5 N–H and O–H groups in total. The molecule has 1 saturated heterocycles. The third-order valence-corrected chi connectivity index (χ3v) is 18.3. The van der Waals surface area contributed by atoms with E-state index in [1.165, 1.54) is 16.1 Å². The van der Waals surface area contributed by atoms with Gasteiger partial charge < -0.3 is 10.2 Å². The molecule has 10 rings (SSSR count). The molecule has 0 saturated carbocycles. The number of hydrogen-bond acceptors (Lipinski definition) is 11. The van der Waals surface area contributed by atoms with Gasteiger partial charge in [0.1, 0.15) is 34.9 Å². The third kappa shape index (κ3) is 21.4. The fourth-order valence-corrected chi connectivity index (χ4v) is 10.7. The number of carbonyl (C=O) groups excluding carboxylic acids is 4. The number of alkyl halides is 2. The molecule has 5 atom stereocenters. The lowest BCUT2D eigenvalue weighted by Crippen LogP contribution is -2.56. The highest BCUT2D eigenvalue weighted by Crippen LogP contribution is 2.42. The van der Waals surface area contributed by atoms with Gasteiger partial charge in [-0.15, -0.1) is 0 Å². The molecule has 4 aliphatic rings. The molecule has 0 spiro atoms. The van der Waals surface area contributed by atoms with Gasteiger partial charge in [-0.05, 0) is 142 Å². The zero-order chi connectivity index (χ0) is 68.4. The Morgan fingerprint density at radius 3 is 1.54 bits per heavy atom. The summed E-state index contributed by atoms with van der Waals surface area (Å²) in [6.45, 7) is 17.8. The van der Waals surface area contributed by atoms with Crippen molar-refractivity contribution in [2.45, 2.75) is 107 Å². The van der Waals surface area contributed by atoms with Crippen LogP contribution in [0.3, 0.4) is 0 Å². The van der Waals surface area contributed by atoms with Crippen LogP contribution in [0.1, 0.15) is 118 Å². The second kappa shape index (κ2) is 37.6. The summed E-state index contributed by atoms with van der Waals surface area (Å²) in [5.74, 6) is 3.64. The summed E-state index contributed by atoms with van der Waals surface area (Å²) in [4.78, 5) is 56.6. The predicted octanol–water partition coefficient (Wildman–Crippen LogP) is 14.1. The Labute approximate surface area is 563 Å². The number of benzene rings is 6. The molecule has 2 amide bonds. The molecule has 1 fully saturated rings. The Bertz CT molecular complexity index is 3610. The van der Waals surface area contributed by atoms with Gasteiger partial charge in [-0.25, -0.2) is 36.4 Å². The minimum atomic E-state index is -0.785. The van der Waals surface area contributed by atoms with Crippen molar-refractivity contribution in [1.29, 1.82) is 0 Å². The zero-order valence-corrected chi connectivity index (χ0v) is 57.1. The van der Waals surface area contributed by atoms with E-state index in [0.29, 0.717) is 42.7 Å². The molecule has 4 heterocycles. The van der Waals surface area contributed by atoms with Crippen molar-refractivity contribution in [3.05, 3.63) is 225 Å². The summed E-state index contributed by atoms with van der Waals surface area (Å²) in [6, 6.07) is 40.5. The quantitative estimate of drug-likeness (QED) is 0.0182. The summed E-state index contributed by atoms with van der Waals surface area (Å²) in [6.07, 6.45) is 4.90. The second-order valence-electron chi connectivity index (χ2n) is 22.3. The number of hydrazine groups is 1. The fourth-order valence-electron chi connectivity index (χ4n) is 10.3. The molecule has 6 aromatic carbocycles. The van der Waals surface area contributed by atoms with Gasteiger partial charge in [-0.1, -0.05) is 148 Å². The topological polar surface area (TPSA) is 174 Å². The summed E-state index contributed by atoms with van der Waals surface area (Å²) in [5.41, 5.74) is 2.50. The smallest absolute Gasteiger partial charge is 0.275 e. The lowest BCUT2D eigenvalue weighted by atomic mass is 9.85. The number of hydrazone groups is 2. The maximum absolute atomic E-state index is 14.6. The Balaban J connectivity index is 0.000000230. The van der Waals surface area contributed by atoms with E-state index in [0.717, 1.165) is 130 Å². The Morgan fingerprint density at radius 2 is 1.09 bits per heavy atom. The Morgan fingerprint density at radius 1 is 0.634 bits per heavy atom. The van der Waals surface area contributed by atoms with Crippen molar-refractivity contribution in [2.75, 3.05) is 52.9 Å². The van der Waals surface area contributed by atoms with Crippen LogP contribution in [0.15, 0.2) is 162 Å². The highest BCUT2D eigenvalue weighted by molar-refractivity contribution is 9.10. The number of ketones is 1. The first kappa shape index (κ1) is 76.5. The zero-order valence-electron chi connectivity index (χ0n) is 53.2. The van der Waals surface area contributed by atoms with Crippen LogP contribution in [-0.2, 0) is 25.5 Å². The van der Waals surface area contributed by atoms with Crippen LogP contribution < -0.4 is 17.0 Å². The van der Waals surface area contributed by atoms with Gasteiger partial charge in [0.05, 0.1) is 56.7 Å². The van der Waals surface area contributed by atoms with Gasteiger partial charge >= 0.3 is 0 Å². The van der Waals surface area contributed by atoms with Crippen LogP contribution >= 0.6 is 43.5 Å². The SMILES string of the molecule is C/C(=C\C(=O)c1cc(F)ccc1F)c1ccccc1.C1#[N+]CCNCC1.CCC(Br)C(=O)Cl.CCC(Br)C(=O)N1N=C(c2cc(F)ccc2F)CC1(C)c1ccccc1.CC[C@@H](C(=O)N1N=C(c2cc(F)ccc2F)C[C@@]1(C)c1ccccc1)N1CCN(C)CC1.NN. The normalized spacial score (nSPS) is 18.7. The first-order valence-electron chi connectivity index (χ1n) is 30.4.